The van der Waals surface area contributed by atoms with Crippen LogP contribution in [0.2, 0.25) is 0 Å². The van der Waals surface area contributed by atoms with Gasteiger partial charge in [-0.25, -0.2) is 0 Å². The van der Waals surface area contributed by atoms with E-state index in [1.165, 1.54) is 16.7 Å². The van der Waals surface area contributed by atoms with E-state index in [9.17, 15) is 9.59 Å². The van der Waals surface area contributed by atoms with Gasteiger partial charge in [0.25, 0.3) is 5.91 Å². The van der Waals surface area contributed by atoms with E-state index in [2.05, 4.69) is 37.1 Å². The van der Waals surface area contributed by atoms with E-state index >= 15 is 0 Å². The summed E-state index contributed by atoms with van der Waals surface area (Å²) < 4.78 is 1.71. The van der Waals surface area contributed by atoms with Gasteiger partial charge in [0.1, 0.15) is 5.69 Å². The van der Waals surface area contributed by atoms with Crippen molar-refractivity contribution in [3.05, 3.63) is 63.6 Å². The molecule has 1 aromatic carbocycles. The lowest BCUT2D eigenvalue weighted by atomic mass is 9.97. The van der Waals surface area contributed by atoms with Crippen LogP contribution in [0.15, 0.2) is 30.0 Å². The highest BCUT2D eigenvalue weighted by atomic mass is 16.1. The normalized spacial score (nSPS) is 15.3. The highest BCUT2D eigenvalue weighted by molar-refractivity contribution is 6.10. The molecule has 6 nitrogen and oxygen atoms in total. The standard InChI is InChI=1S/C23H30N4O2/c1-5-15-9-7-10-16(6-2)19(15)14-27-21-18(20(25-27)23(24)29)12-8-11-17(22(21)28)13-26(3)4/h7,9-10,13H,5-6,8,11-12,14H2,1-4H3,(H2,24,29). The van der Waals surface area contributed by atoms with Crippen LogP contribution in [0.4, 0.5) is 0 Å². The number of allylic oxidation sites excluding steroid dienone is 1. The van der Waals surface area contributed by atoms with Gasteiger partial charge >= 0.3 is 0 Å². The molecule has 0 saturated heterocycles. The van der Waals surface area contributed by atoms with Gasteiger partial charge in [0.05, 0.1) is 6.54 Å². The van der Waals surface area contributed by atoms with Gasteiger partial charge in [-0.3, -0.25) is 14.3 Å². The van der Waals surface area contributed by atoms with Crippen LogP contribution in [0.3, 0.4) is 0 Å². The Morgan fingerprint density at radius 1 is 1.21 bits per heavy atom. The molecule has 0 bridgehead atoms. The number of rotatable bonds is 6. The van der Waals surface area contributed by atoms with Gasteiger partial charge in [-0.2, -0.15) is 5.10 Å². The number of fused-ring (bicyclic) bond motifs is 1. The molecule has 3 rings (SSSR count). The largest absolute Gasteiger partial charge is 0.383 e. The number of primary amides is 1. The molecule has 0 saturated carbocycles. The van der Waals surface area contributed by atoms with Crippen molar-refractivity contribution in [1.82, 2.24) is 14.7 Å². The van der Waals surface area contributed by atoms with Crippen LogP contribution in [0, 0.1) is 0 Å². The zero-order chi connectivity index (χ0) is 21.1. The number of nitrogens with two attached hydrogens (primary N) is 1. The number of benzene rings is 1. The van der Waals surface area contributed by atoms with E-state index in [4.69, 9.17) is 5.73 Å². The number of carbonyl (C=O) groups is 2. The Morgan fingerprint density at radius 2 is 1.86 bits per heavy atom. The molecule has 1 aliphatic carbocycles. The summed E-state index contributed by atoms with van der Waals surface area (Å²) in [6, 6.07) is 6.30. The zero-order valence-corrected chi connectivity index (χ0v) is 17.8. The van der Waals surface area contributed by atoms with Gasteiger partial charge in [0, 0.05) is 31.4 Å². The Labute approximate surface area is 172 Å². The molecule has 2 N–H and O–H groups in total. The van der Waals surface area contributed by atoms with Crippen LogP contribution in [0.1, 0.15) is 69.9 Å². The lowest BCUT2D eigenvalue weighted by molar-refractivity contribution is 0.0991. The van der Waals surface area contributed by atoms with E-state index in [1.807, 2.05) is 25.2 Å². The third-order valence-electron chi connectivity index (χ3n) is 5.52. The molecule has 1 amide bonds. The predicted molar refractivity (Wildman–Crippen MR) is 114 cm³/mol. The maximum absolute atomic E-state index is 13.4. The van der Waals surface area contributed by atoms with E-state index in [0.717, 1.165) is 24.8 Å². The quantitative estimate of drug-likeness (QED) is 0.603. The van der Waals surface area contributed by atoms with Crippen LogP contribution >= 0.6 is 0 Å². The second-order valence-electron chi connectivity index (χ2n) is 7.76. The average molecular weight is 395 g/mol. The second kappa shape index (κ2) is 8.64. The number of hydrogen-bond acceptors (Lipinski definition) is 4. The number of carbonyl (C=O) groups excluding carboxylic acids is 2. The Kier molecular flexibility index (Phi) is 6.20. The van der Waals surface area contributed by atoms with Gasteiger partial charge < -0.3 is 10.6 Å². The summed E-state index contributed by atoms with van der Waals surface area (Å²) in [6.45, 7) is 4.71. The molecule has 1 aliphatic rings. The molecule has 6 heteroatoms. The zero-order valence-electron chi connectivity index (χ0n) is 17.8. The molecule has 0 aliphatic heterocycles. The van der Waals surface area contributed by atoms with Gasteiger partial charge in [0.2, 0.25) is 5.78 Å². The smallest absolute Gasteiger partial charge is 0.269 e. The molecule has 29 heavy (non-hydrogen) atoms. The molecule has 0 fully saturated rings. The molecule has 0 radical (unpaired) electrons. The van der Waals surface area contributed by atoms with Gasteiger partial charge in [-0.1, -0.05) is 32.0 Å². The second-order valence-corrected chi connectivity index (χ2v) is 7.76. The van der Waals surface area contributed by atoms with Crippen molar-refractivity contribution in [2.75, 3.05) is 14.1 Å². The number of nitrogens with zero attached hydrogens (tertiary/aromatic N) is 3. The lowest BCUT2D eigenvalue weighted by Crippen LogP contribution is -2.17. The van der Waals surface area contributed by atoms with Crippen molar-refractivity contribution < 1.29 is 9.59 Å². The minimum Gasteiger partial charge on any atom is -0.383 e. The fourth-order valence-corrected chi connectivity index (χ4v) is 4.16. The number of aromatic nitrogens is 2. The highest BCUT2D eigenvalue weighted by Gasteiger charge is 2.30. The van der Waals surface area contributed by atoms with Crippen molar-refractivity contribution in [2.24, 2.45) is 5.73 Å². The number of hydrogen-bond donors (Lipinski definition) is 1. The van der Waals surface area contributed by atoms with Crippen LogP contribution in [0.5, 0.6) is 0 Å². The van der Waals surface area contributed by atoms with Crippen LogP contribution in [-0.4, -0.2) is 40.5 Å². The lowest BCUT2D eigenvalue weighted by Gasteiger charge is -2.15. The van der Waals surface area contributed by atoms with Crippen LogP contribution in [-0.2, 0) is 25.8 Å². The number of ketones is 1. The van der Waals surface area contributed by atoms with Gasteiger partial charge in [0.15, 0.2) is 5.69 Å². The Balaban J connectivity index is 2.17. The summed E-state index contributed by atoms with van der Waals surface area (Å²) in [5, 5.41) is 4.52. The summed E-state index contributed by atoms with van der Waals surface area (Å²) in [7, 11) is 3.81. The molecular formula is C23H30N4O2. The summed E-state index contributed by atoms with van der Waals surface area (Å²) in [5.74, 6) is -0.634. The molecular weight excluding hydrogens is 364 g/mol. The summed E-state index contributed by atoms with van der Waals surface area (Å²) >= 11 is 0. The highest BCUT2D eigenvalue weighted by Crippen LogP contribution is 2.28. The summed E-state index contributed by atoms with van der Waals surface area (Å²) in [5.41, 5.74) is 11.4. The summed E-state index contributed by atoms with van der Waals surface area (Å²) in [6.07, 6.45) is 5.76. The Hall–Kier alpha value is -2.89. The molecule has 0 spiro atoms. The average Bonchev–Trinajstić information content (AvgIpc) is 2.96. The van der Waals surface area contributed by atoms with Crippen molar-refractivity contribution in [3.8, 4) is 0 Å². The number of aryl methyl sites for hydroxylation is 2. The number of Topliss-reactive ketones (excluding diaryl/α,β-unsaturated/α-hetero) is 1. The third-order valence-corrected chi connectivity index (χ3v) is 5.52. The van der Waals surface area contributed by atoms with Crippen molar-refractivity contribution in [2.45, 2.75) is 52.5 Å². The van der Waals surface area contributed by atoms with Crippen molar-refractivity contribution in [1.29, 1.82) is 0 Å². The fraction of sp³-hybridized carbons (Fsp3) is 0.435. The van der Waals surface area contributed by atoms with E-state index in [0.29, 0.717) is 30.6 Å². The Bertz CT molecular complexity index is 947. The van der Waals surface area contributed by atoms with E-state index in [-0.39, 0.29) is 11.5 Å². The molecule has 0 unspecified atom stereocenters. The van der Waals surface area contributed by atoms with E-state index < -0.39 is 5.91 Å². The molecule has 154 valence electrons. The van der Waals surface area contributed by atoms with Crippen LogP contribution in [0.25, 0.3) is 0 Å². The van der Waals surface area contributed by atoms with Gasteiger partial charge in [-0.05, 0) is 48.8 Å². The summed E-state index contributed by atoms with van der Waals surface area (Å²) in [4.78, 5) is 27.4. The SMILES string of the molecule is CCc1cccc(CC)c1Cn1nc(C(N)=O)c2c1C(=O)C(=CN(C)C)CCC2. The molecule has 0 atom stereocenters. The van der Waals surface area contributed by atoms with Crippen molar-refractivity contribution in [3.63, 3.8) is 0 Å². The van der Waals surface area contributed by atoms with E-state index in [1.54, 1.807) is 4.68 Å². The minimum absolute atomic E-state index is 0.0572. The predicted octanol–water partition coefficient (Wildman–Crippen LogP) is 3.12. The molecule has 1 heterocycles. The molecule has 1 aromatic heterocycles. The maximum atomic E-state index is 13.4. The Morgan fingerprint density at radius 3 is 2.41 bits per heavy atom. The van der Waals surface area contributed by atoms with Crippen LogP contribution < -0.4 is 5.73 Å². The van der Waals surface area contributed by atoms with Crippen molar-refractivity contribution >= 4 is 11.7 Å². The first-order valence-electron chi connectivity index (χ1n) is 10.3. The number of amides is 1. The third kappa shape index (κ3) is 4.11. The topological polar surface area (TPSA) is 81.2 Å². The first kappa shape index (κ1) is 20.8. The minimum atomic E-state index is -0.577. The van der Waals surface area contributed by atoms with Gasteiger partial charge in [-0.15, -0.1) is 0 Å². The fourth-order valence-electron chi connectivity index (χ4n) is 4.16. The maximum Gasteiger partial charge on any atom is 0.269 e. The first-order chi connectivity index (χ1) is 13.9. The first-order valence-corrected chi connectivity index (χ1v) is 10.3. The monoisotopic (exact) mass is 394 g/mol. The molecule has 2 aromatic rings.